The lowest BCUT2D eigenvalue weighted by molar-refractivity contribution is -0.123. The van der Waals surface area contributed by atoms with Crippen LogP contribution in [0, 0.1) is 17.8 Å². The Balaban J connectivity index is 1.94. The van der Waals surface area contributed by atoms with Crippen LogP contribution in [0.1, 0.15) is 39.5 Å². The van der Waals surface area contributed by atoms with Crippen LogP contribution in [-0.4, -0.2) is 36.6 Å². The van der Waals surface area contributed by atoms with E-state index in [1.165, 1.54) is 0 Å². The minimum Gasteiger partial charge on any atom is -0.396 e. The Morgan fingerprint density at radius 1 is 1.32 bits per heavy atom. The maximum atomic E-state index is 11.5. The molecular formula is C14H26N2O3. The Morgan fingerprint density at radius 2 is 2.00 bits per heavy atom. The van der Waals surface area contributed by atoms with E-state index < -0.39 is 0 Å². The highest BCUT2D eigenvalue weighted by Crippen LogP contribution is 2.37. The van der Waals surface area contributed by atoms with Crippen LogP contribution < -0.4 is 10.6 Å². The first kappa shape index (κ1) is 16.0. The number of aliphatic hydroxyl groups is 1. The van der Waals surface area contributed by atoms with Crippen LogP contribution in [0.4, 0.5) is 0 Å². The zero-order chi connectivity index (χ0) is 14.3. The van der Waals surface area contributed by atoms with E-state index in [0.717, 1.165) is 19.3 Å². The van der Waals surface area contributed by atoms with E-state index >= 15 is 0 Å². The lowest BCUT2D eigenvalue weighted by atomic mass is 10.1. The second-order valence-electron chi connectivity index (χ2n) is 5.64. The molecule has 1 fully saturated rings. The Kier molecular flexibility index (Phi) is 6.84. The lowest BCUT2D eigenvalue weighted by Crippen LogP contribution is -2.32. The monoisotopic (exact) mass is 270 g/mol. The predicted molar refractivity (Wildman–Crippen MR) is 73.4 cm³/mol. The van der Waals surface area contributed by atoms with Gasteiger partial charge in [0.1, 0.15) is 0 Å². The molecule has 0 aromatic heterocycles. The van der Waals surface area contributed by atoms with E-state index in [-0.39, 0.29) is 30.3 Å². The fourth-order valence-corrected chi connectivity index (χ4v) is 1.98. The summed E-state index contributed by atoms with van der Waals surface area (Å²) < 4.78 is 0. The van der Waals surface area contributed by atoms with Gasteiger partial charge in [0, 0.05) is 32.0 Å². The van der Waals surface area contributed by atoms with Crippen molar-refractivity contribution in [2.45, 2.75) is 39.5 Å². The summed E-state index contributed by atoms with van der Waals surface area (Å²) >= 11 is 0. The topological polar surface area (TPSA) is 78.4 Å². The zero-order valence-corrected chi connectivity index (χ0v) is 11.9. The summed E-state index contributed by atoms with van der Waals surface area (Å²) in [4.78, 5) is 23.0. The maximum absolute atomic E-state index is 11.5. The van der Waals surface area contributed by atoms with E-state index in [9.17, 15) is 9.59 Å². The van der Waals surface area contributed by atoms with Gasteiger partial charge in [-0.05, 0) is 31.1 Å². The average Bonchev–Trinajstić information content (AvgIpc) is 3.11. The van der Waals surface area contributed by atoms with Gasteiger partial charge in [-0.1, -0.05) is 13.8 Å². The van der Waals surface area contributed by atoms with Gasteiger partial charge in [-0.25, -0.2) is 0 Å². The highest BCUT2D eigenvalue weighted by Gasteiger charge is 2.38. The van der Waals surface area contributed by atoms with Crippen molar-refractivity contribution >= 4 is 11.8 Å². The van der Waals surface area contributed by atoms with Crippen molar-refractivity contribution in [3.63, 3.8) is 0 Å². The Morgan fingerprint density at radius 3 is 2.58 bits per heavy atom. The molecule has 1 saturated carbocycles. The number of amides is 2. The van der Waals surface area contributed by atoms with Crippen LogP contribution in [0.15, 0.2) is 0 Å². The van der Waals surface area contributed by atoms with Crippen LogP contribution in [0.3, 0.4) is 0 Å². The second kappa shape index (κ2) is 8.15. The number of rotatable bonds is 9. The quantitative estimate of drug-likeness (QED) is 0.539. The summed E-state index contributed by atoms with van der Waals surface area (Å²) in [5, 5.41) is 14.5. The van der Waals surface area contributed by atoms with Gasteiger partial charge in [0.25, 0.3) is 0 Å². The molecule has 3 N–H and O–H groups in total. The number of carbonyl (C=O) groups is 2. The molecule has 0 spiro atoms. The maximum Gasteiger partial charge on any atom is 0.223 e. The van der Waals surface area contributed by atoms with Gasteiger partial charge in [-0.15, -0.1) is 0 Å². The summed E-state index contributed by atoms with van der Waals surface area (Å²) in [5.41, 5.74) is 0. The third-order valence-corrected chi connectivity index (χ3v) is 3.61. The molecule has 3 unspecified atom stereocenters. The molecule has 0 bridgehead atoms. The average molecular weight is 270 g/mol. The van der Waals surface area contributed by atoms with Gasteiger partial charge in [0.2, 0.25) is 11.8 Å². The molecule has 1 aliphatic carbocycles. The molecule has 5 nitrogen and oxygen atoms in total. The normalized spacial score (nSPS) is 22.7. The first-order valence-electron chi connectivity index (χ1n) is 7.19. The van der Waals surface area contributed by atoms with Gasteiger partial charge < -0.3 is 15.7 Å². The first-order chi connectivity index (χ1) is 9.04. The minimum atomic E-state index is -0.0270. The third-order valence-electron chi connectivity index (χ3n) is 3.61. The molecule has 0 saturated heterocycles. The van der Waals surface area contributed by atoms with Crippen LogP contribution in [0.2, 0.25) is 0 Å². The fraction of sp³-hybridized carbons (Fsp3) is 0.857. The molecule has 0 radical (unpaired) electrons. The summed E-state index contributed by atoms with van der Waals surface area (Å²) in [6, 6.07) is 0. The number of hydrogen-bond donors (Lipinski definition) is 3. The SMILES string of the molecule is CC(CO)CCCNC(=O)CCNC(=O)C1CC1C. The summed E-state index contributed by atoms with van der Waals surface area (Å²) in [7, 11) is 0. The van der Waals surface area contributed by atoms with Gasteiger partial charge >= 0.3 is 0 Å². The third kappa shape index (κ3) is 6.57. The highest BCUT2D eigenvalue weighted by atomic mass is 16.3. The fourth-order valence-electron chi connectivity index (χ4n) is 1.98. The van der Waals surface area contributed by atoms with Gasteiger partial charge in [-0.3, -0.25) is 9.59 Å². The van der Waals surface area contributed by atoms with E-state index in [1.807, 2.05) is 6.92 Å². The molecule has 110 valence electrons. The minimum absolute atomic E-state index is 0.0270. The van der Waals surface area contributed by atoms with Gasteiger partial charge in [0.15, 0.2) is 0 Å². The van der Waals surface area contributed by atoms with Crippen molar-refractivity contribution in [1.29, 1.82) is 0 Å². The Hall–Kier alpha value is -1.10. The first-order valence-corrected chi connectivity index (χ1v) is 7.19. The molecular weight excluding hydrogens is 244 g/mol. The molecule has 0 heterocycles. The van der Waals surface area contributed by atoms with E-state index in [2.05, 4.69) is 17.6 Å². The van der Waals surface area contributed by atoms with Crippen LogP contribution >= 0.6 is 0 Å². The van der Waals surface area contributed by atoms with Crippen LogP contribution in [0.25, 0.3) is 0 Å². The van der Waals surface area contributed by atoms with Crippen molar-refractivity contribution in [2.75, 3.05) is 19.7 Å². The summed E-state index contributed by atoms with van der Waals surface area (Å²) in [6.45, 7) is 5.29. The largest absolute Gasteiger partial charge is 0.396 e. The zero-order valence-electron chi connectivity index (χ0n) is 11.9. The molecule has 0 aliphatic heterocycles. The van der Waals surface area contributed by atoms with Crippen molar-refractivity contribution < 1.29 is 14.7 Å². The second-order valence-corrected chi connectivity index (χ2v) is 5.64. The number of carbonyl (C=O) groups excluding carboxylic acids is 2. The van der Waals surface area contributed by atoms with Crippen molar-refractivity contribution in [3.8, 4) is 0 Å². The van der Waals surface area contributed by atoms with Gasteiger partial charge in [-0.2, -0.15) is 0 Å². The predicted octanol–water partition coefficient (Wildman–Crippen LogP) is 0.673. The smallest absolute Gasteiger partial charge is 0.223 e. The molecule has 3 atom stereocenters. The van der Waals surface area contributed by atoms with Crippen LogP contribution in [0.5, 0.6) is 0 Å². The molecule has 5 heteroatoms. The van der Waals surface area contributed by atoms with Gasteiger partial charge in [0.05, 0.1) is 0 Å². The molecule has 1 aliphatic rings. The van der Waals surface area contributed by atoms with E-state index in [4.69, 9.17) is 5.11 Å². The van der Waals surface area contributed by atoms with E-state index in [1.54, 1.807) is 0 Å². The number of aliphatic hydroxyl groups excluding tert-OH is 1. The Labute approximate surface area is 115 Å². The standard InChI is InChI=1S/C14H26N2O3/c1-10(9-17)4-3-6-15-13(18)5-7-16-14(19)12-8-11(12)2/h10-12,17H,3-9H2,1-2H3,(H,15,18)(H,16,19). The van der Waals surface area contributed by atoms with Crippen LogP contribution in [-0.2, 0) is 9.59 Å². The molecule has 19 heavy (non-hydrogen) atoms. The lowest BCUT2D eigenvalue weighted by Gasteiger charge is -2.09. The summed E-state index contributed by atoms with van der Waals surface area (Å²) in [5.74, 6) is 1.01. The van der Waals surface area contributed by atoms with Crippen molar-refractivity contribution in [1.82, 2.24) is 10.6 Å². The molecule has 2 amide bonds. The molecule has 0 aromatic carbocycles. The number of hydrogen-bond acceptors (Lipinski definition) is 3. The van der Waals surface area contributed by atoms with E-state index in [0.29, 0.717) is 25.4 Å². The molecule has 1 rings (SSSR count). The van der Waals surface area contributed by atoms with Crippen molar-refractivity contribution in [3.05, 3.63) is 0 Å². The summed E-state index contributed by atoms with van der Waals surface area (Å²) in [6.07, 6.45) is 3.09. The highest BCUT2D eigenvalue weighted by molar-refractivity contribution is 5.82. The Bertz CT molecular complexity index is 307. The molecule has 0 aromatic rings. The van der Waals surface area contributed by atoms with Crippen molar-refractivity contribution in [2.24, 2.45) is 17.8 Å². The number of nitrogens with one attached hydrogen (secondary N) is 2.